The van der Waals surface area contributed by atoms with Gasteiger partial charge < -0.3 is 28.5 Å². The first-order chi connectivity index (χ1) is 42.4. The maximum atomic E-state index is 13.6. The van der Waals surface area contributed by atoms with E-state index in [0.29, 0.717) is 23.9 Å². The second kappa shape index (κ2) is 65.1. The van der Waals surface area contributed by atoms with Gasteiger partial charge in [0.2, 0.25) is 5.91 Å². The van der Waals surface area contributed by atoms with Crippen molar-refractivity contribution in [2.45, 2.75) is 303 Å². The summed E-state index contributed by atoms with van der Waals surface area (Å²) in [5.41, 5.74) is 0. The average molecular weight is 1230 g/mol. The molecule has 0 aromatic heterocycles. The lowest BCUT2D eigenvalue weighted by Crippen LogP contribution is -2.47. The summed E-state index contributed by atoms with van der Waals surface area (Å²) in [5, 5.41) is 3.04. The molecule has 3 unspecified atom stereocenters. The van der Waals surface area contributed by atoms with Crippen LogP contribution in [0.25, 0.3) is 0 Å². The molecule has 0 aromatic rings. The first-order valence-corrected chi connectivity index (χ1v) is 37.0. The Balaban J connectivity index is 5.17. The highest BCUT2D eigenvalue weighted by atomic mass is 31.2. The van der Waals surface area contributed by atoms with E-state index in [4.69, 9.17) is 13.8 Å². The Morgan fingerprint density at radius 1 is 0.414 bits per heavy atom. The Kier molecular flexibility index (Phi) is 62.2. The largest absolute Gasteiger partial charge is 0.756 e. The minimum absolute atomic E-state index is 0.0323. The molecule has 0 spiro atoms. The maximum absolute atomic E-state index is 13.6. The van der Waals surface area contributed by atoms with Crippen molar-refractivity contribution in [1.82, 2.24) is 5.32 Å². The predicted octanol–water partition coefficient (Wildman–Crippen LogP) is 22.2. The van der Waals surface area contributed by atoms with Gasteiger partial charge in [-0.15, -0.1) is 0 Å². The predicted molar refractivity (Wildman–Crippen MR) is 376 cm³/mol. The van der Waals surface area contributed by atoms with Gasteiger partial charge in [0.25, 0.3) is 7.82 Å². The Bertz CT molecular complexity index is 1950. The van der Waals surface area contributed by atoms with E-state index in [1.165, 1.54) is 109 Å². The molecule has 10 heteroatoms. The molecule has 0 saturated carbocycles. The minimum Gasteiger partial charge on any atom is -0.756 e. The van der Waals surface area contributed by atoms with E-state index in [9.17, 15) is 19.0 Å². The lowest BCUT2D eigenvalue weighted by atomic mass is 10.0. The molecule has 3 atom stereocenters. The highest BCUT2D eigenvalue weighted by molar-refractivity contribution is 7.45. The van der Waals surface area contributed by atoms with Crippen molar-refractivity contribution < 1.29 is 37.3 Å². The fraction of sp³-hybridized carbons (Fsp3) is 0.688. The Morgan fingerprint density at radius 3 is 1.10 bits per heavy atom. The molecule has 0 rings (SSSR count). The average Bonchev–Trinajstić information content (AvgIpc) is 3.70. The number of carbonyl (C=O) groups is 2. The van der Waals surface area contributed by atoms with Crippen LogP contribution in [-0.4, -0.2) is 69.4 Å². The molecule has 0 saturated heterocycles. The van der Waals surface area contributed by atoms with E-state index >= 15 is 0 Å². The van der Waals surface area contributed by atoms with Gasteiger partial charge in [-0.2, -0.15) is 0 Å². The number of phosphoric acid groups is 1. The summed E-state index contributed by atoms with van der Waals surface area (Å²) in [4.78, 5) is 40.2. The normalized spacial score (nSPS) is 14.3. The van der Waals surface area contributed by atoms with Crippen LogP contribution in [0.2, 0.25) is 0 Å². The van der Waals surface area contributed by atoms with Gasteiger partial charge in [-0.05, 0) is 122 Å². The number of nitrogens with one attached hydrogen (secondary N) is 1. The number of carbonyl (C=O) groups excluding carboxylic acids is 2. The summed E-state index contributed by atoms with van der Waals surface area (Å²) in [6.07, 6.45) is 92.8. The molecule has 0 radical (unpaired) electrons. The number of hydrogen-bond acceptors (Lipinski definition) is 7. The smallest absolute Gasteiger partial charge is 0.306 e. The van der Waals surface area contributed by atoms with E-state index in [1.54, 1.807) is 0 Å². The van der Waals surface area contributed by atoms with Crippen LogP contribution in [0.5, 0.6) is 0 Å². The number of amides is 1. The van der Waals surface area contributed by atoms with Crippen LogP contribution in [-0.2, 0) is 27.9 Å². The van der Waals surface area contributed by atoms with E-state index in [-0.39, 0.29) is 24.9 Å². The summed E-state index contributed by atoms with van der Waals surface area (Å²) < 4.78 is 30.5. The van der Waals surface area contributed by atoms with Gasteiger partial charge in [-0.25, -0.2) is 0 Å². The van der Waals surface area contributed by atoms with Crippen molar-refractivity contribution in [3.8, 4) is 0 Å². The van der Waals surface area contributed by atoms with Gasteiger partial charge in [0.05, 0.1) is 33.8 Å². The summed E-state index contributed by atoms with van der Waals surface area (Å²) in [6.45, 7) is 6.61. The molecule has 87 heavy (non-hydrogen) atoms. The molecule has 1 N–H and O–H groups in total. The standard InChI is InChI=1S/C77H133N2O7P/c1-7-10-13-16-19-22-25-28-30-32-34-36-38-39-41-42-44-46-48-51-54-57-60-63-66-69-76(80)78-74(73-85-87(82,83)84-72-71-79(4,5)6)75(68-65-62-59-56-53-50-27-24-21-18-15-12-9-3)86-77(81)70-67-64-61-58-55-52-49-47-45-43-40-37-35-33-31-29-26-23-20-17-14-11-8-2/h10-11,13-14,19-20,22-23,28-31,34-37,39,41,43,45,65,68,74-75H,7-9,12,15-18,21,24-27,32-33,38,40,42,44,46-64,66-67,69-73H2,1-6H3,(H-,78,80,82,83)/b13-10-,14-11-,22-19-,23-20-,30-28-,31-29-,36-34-,37-35-,41-39-,45-43-,68-65+. The first-order valence-electron chi connectivity index (χ1n) is 35.5. The van der Waals surface area contributed by atoms with Crippen molar-refractivity contribution in [3.63, 3.8) is 0 Å². The highest BCUT2D eigenvalue weighted by Gasteiger charge is 2.27. The third kappa shape index (κ3) is 66.4. The van der Waals surface area contributed by atoms with Crippen LogP contribution in [0, 0.1) is 0 Å². The summed E-state index contributed by atoms with van der Waals surface area (Å²) in [7, 11) is 1.16. The first kappa shape index (κ1) is 83.2. The molecular weight excluding hydrogens is 1100 g/mol. The fourth-order valence-corrected chi connectivity index (χ4v) is 10.4. The molecule has 0 aromatic carbocycles. The third-order valence-corrected chi connectivity index (χ3v) is 16.0. The molecule has 0 heterocycles. The number of esters is 1. The number of unbranched alkanes of at least 4 members (excludes halogenated alkanes) is 27. The lowest BCUT2D eigenvalue weighted by Gasteiger charge is -2.30. The molecular formula is C77H133N2O7P. The topological polar surface area (TPSA) is 114 Å². The van der Waals surface area contributed by atoms with Gasteiger partial charge in [-0.3, -0.25) is 14.2 Å². The van der Waals surface area contributed by atoms with Crippen LogP contribution in [0.3, 0.4) is 0 Å². The molecule has 1 amide bonds. The molecule has 498 valence electrons. The van der Waals surface area contributed by atoms with Crippen molar-refractivity contribution in [2.75, 3.05) is 40.9 Å². The number of nitrogens with zero attached hydrogens (tertiary/aromatic N) is 1. The number of likely N-dealkylation sites (N-methyl/N-ethyl adjacent to an activating group) is 1. The lowest BCUT2D eigenvalue weighted by molar-refractivity contribution is -0.870. The van der Waals surface area contributed by atoms with Gasteiger partial charge >= 0.3 is 5.97 Å². The van der Waals surface area contributed by atoms with Crippen molar-refractivity contribution in [2.24, 2.45) is 0 Å². The molecule has 0 aliphatic heterocycles. The number of rotatable bonds is 63. The number of allylic oxidation sites excluding steroid dienone is 21. The van der Waals surface area contributed by atoms with Crippen molar-refractivity contribution in [3.05, 3.63) is 134 Å². The van der Waals surface area contributed by atoms with E-state index < -0.39 is 26.6 Å². The van der Waals surface area contributed by atoms with Crippen molar-refractivity contribution in [1.29, 1.82) is 0 Å². The summed E-state index contributed by atoms with van der Waals surface area (Å²) in [5.74, 6) is -0.564. The zero-order chi connectivity index (χ0) is 63.5. The molecule has 0 aliphatic rings. The zero-order valence-corrected chi connectivity index (χ0v) is 57.8. The SMILES string of the molecule is CC/C=C\C/C=C\C/C=C\C/C=C\C/C=C\CCCCCCCCCCCC(=O)NC(COP(=O)([O-])OCC[N+](C)(C)C)C(/C=C/CCCCCCCCCCCCC)OC(=O)CCCCCCCCC/C=C\C/C=C\C/C=C\C/C=C\C/C=C\CC. The fourth-order valence-electron chi connectivity index (χ4n) is 9.69. The summed E-state index contributed by atoms with van der Waals surface area (Å²) in [6, 6.07) is -0.908. The monoisotopic (exact) mass is 1230 g/mol. The molecule has 0 aliphatic carbocycles. The van der Waals surface area contributed by atoms with E-state index in [0.717, 1.165) is 141 Å². The van der Waals surface area contributed by atoms with Crippen molar-refractivity contribution >= 4 is 19.7 Å². The van der Waals surface area contributed by atoms with Gasteiger partial charge in [0, 0.05) is 12.8 Å². The second-order valence-electron chi connectivity index (χ2n) is 24.6. The van der Waals surface area contributed by atoms with Crippen LogP contribution in [0.4, 0.5) is 0 Å². The zero-order valence-electron chi connectivity index (χ0n) is 56.9. The Labute approximate surface area is 536 Å². The molecule has 9 nitrogen and oxygen atoms in total. The molecule has 0 bridgehead atoms. The van der Waals surface area contributed by atoms with Crippen LogP contribution in [0.1, 0.15) is 290 Å². The maximum Gasteiger partial charge on any atom is 0.306 e. The van der Waals surface area contributed by atoms with Crippen LogP contribution >= 0.6 is 7.82 Å². The highest BCUT2D eigenvalue weighted by Crippen LogP contribution is 2.38. The van der Waals surface area contributed by atoms with Crippen LogP contribution < -0.4 is 10.2 Å². The van der Waals surface area contributed by atoms with Gasteiger partial charge in [-0.1, -0.05) is 290 Å². The third-order valence-electron chi connectivity index (χ3n) is 15.1. The van der Waals surface area contributed by atoms with Gasteiger partial charge in [0.15, 0.2) is 0 Å². The minimum atomic E-state index is -4.72. The van der Waals surface area contributed by atoms with E-state index in [1.807, 2.05) is 33.3 Å². The number of phosphoric ester groups is 1. The number of hydrogen-bond donors (Lipinski definition) is 1. The van der Waals surface area contributed by atoms with E-state index in [2.05, 4.69) is 148 Å². The number of quaternary nitrogens is 1. The number of ether oxygens (including phenoxy) is 1. The Morgan fingerprint density at radius 2 is 0.736 bits per heavy atom. The van der Waals surface area contributed by atoms with Gasteiger partial charge in [0.1, 0.15) is 19.3 Å². The van der Waals surface area contributed by atoms with Crippen LogP contribution in [0.15, 0.2) is 134 Å². The summed E-state index contributed by atoms with van der Waals surface area (Å²) >= 11 is 0. The second-order valence-corrected chi connectivity index (χ2v) is 26.0. The Hall–Kier alpha value is -3.85. The molecule has 0 fully saturated rings. The quantitative estimate of drug-likeness (QED) is 0.0212.